The fraction of sp³-hybridized carbons (Fsp3) is 0.786. The molecule has 1 aliphatic rings. The van der Waals surface area contributed by atoms with Crippen LogP contribution in [0.2, 0.25) is 0 Å². The number of hydrogen-bond acceptors (Lipinski definition) is 4. The second-order valence-electron chi connectivity index (χ2n) is 5.76. The molecule has 1 aromatic heterocycles. The smallest absolute Gasteiger partial charge is 0.246 e. The molecule has 1 fully saturated rings. The molecule has 2 heterocycles. The summed E-state index contributed by atoms with van der Waals surface area (Å²) in [6.07, 6.45) is 3.97. The zero-order chi connectivity index (χ0) is 15.6. The van der Waals surface area contributed by atoms with Crippen LogP contribution in [-0.4, -0.2) is 46.8 Å². The molecule has 0 aliphatic carbocycles. The van der Waals surface area contributed by atoms with Crippen molar-refractivity contribution in [3.05, 3.63) is 11.4 Å². The second kappa shape index (κ2) is 6.46. The topological polar surface area (TPSA) is 75.4 Å². The van der Waals surface area contributed by atoms with E-state index in [0.29, 0.717) is 29.4 Å². The van der Waals surface area contributed by atoms with Crippen molar-refractivity contribution in [2.45, 2.75) is 63.9 Å². The van der Waals surface area contributed by atoms with Crippen LogP contribution in [0.1, 0.15) is 44.0 Å². The van der Waals surface area contributed by atoms with E-state index in [1.807, 2.05) is 6.92 Å². The summed E-state index contributed by atoms with van der Waals surface area (Å²) >= 11 is 0. The van der Waals surface area contributed by atoms with Crippen molar-refractivity contribution in [3.63, 3.8) is 0 Å². The third kappa shape index (κ3) is 3.14. The van der Waals surface area contributed by atoms with Gasteiger partial charge in [0.15, 0.2) is 0 Å². The number of sulfonamides is 1. The van der Waals surface area contributed by atoms with Gasteiger partial charge in [0, 0.05) is 12.6 Å². The molecule has 120 valence electrons. The van der Waals surface area contributed by atoms with Crippen LogP contribution in [0.5, 0.6) is 0 Å². The van der Waals surface area contributed by atoms with Gasteiger partial charge in [0.2, 0.25) is 10.0 Å². The Bertz CT molecular complexity index is 595. The van der Waals surface area contributed by atoms with Gasteiger partial charge in [-0.15, -0.1) is 0 Å². The molecular weight excluding hydrogens is 290 g/mol. The first-order valence-corrected chi connectivity index (χ1v) is 9.00. The van der Waals surface area contributed by atoms with Gasteiger partial charge in [-0.2, -0.15) is 9.40 Å². The average molecular weight is 315 g/mol. The molecule has 1 unspecified atom stereocenters. The molecule has 0 radical (unpaired) electrons. The average Bonchev–Trinajstić information content (AvgIpc) is 2.59. The summed E-state index contributed by atoms with van der Waals surface area (Å²) < 4.78 is 29.2. The highest BCUT2D eigenvalue weighted by atomic mass is 32.2. The Morgan fingerprint density at radius 3 is 2.67 bits per heavy atom. The highest BCUT2D eigenvalue weighted by Crippen LogP contribution is 2.28. The predicted molar refractivity (Wildman–Crippen MR) is 80.6 cm³/mol. The Hall–Kier alpha value is -0.920. The lowest BCUT2D eigenvalue weighted by Crippen LogP contribution is -2.38. The monoisotopic (exact) mass is 315 g/mol. The molecule has 6 nitrogen and oxygen atoms in total. The molecule has 0 saturated carbocycles. The molecule has 2 rings (SSSR count). The lowest BCUT2D eigenvalue weighted by atomic mass is 10.1. The normalized spacial score (nSPS) is 21.4. The van der Waals surface area contributed by atoms with E-state index in [-0.39, 0.29) is 12.6 Å². The van der Waals surface area contributed by atoms with Crippen LogP contribution in [0.4, 0.5) is 0 Å². The summed E-state index contributed by atoms with van der Waals surface area (Å²) in [5.74, 6) is 0. The van der Waals surface area contributed by atoms with E-state index in [1.165, 1.54) is 0 Å². The Labute approximate surface area is 126 Å². The van der Waals surface area contributed by atoms with Gasteiger partial charge in [-0.05, 0) is 33.6 Å². The summed E-state index contributed by atoms with van der Waals surface area (Å²) in [5.41, 5.74) is 1.12. The molecule has 21 heavy (non-hydrogen) atoms. The molecule has 7 heteroatoms. The first-order valence-electron chi connectivity index (χ1n) is 7.56. The largest absolute Gasteiger partial charge is 0.394 e. The van der Waals surface area contributed by atoms with Crippen molar-refractivity contribution in [3.8, 4) is 0 Å². The van der Waals surface area contributed by atoms with Crippen molar-refractivity contribution < 1.29 is 13.5 Å². The van der Waals surface area contributed by atoms with Gasteiger partial charge in [0.05, 0.1) is 24.5 Å². The lowest BCUT2D eigenvalue weighted by molar-refractivity contribution is 0.267. The third-order valence-corrected chi connectivity index (χ3v) is 6.45. The fourth-order valence-corrected chi connectivity index (χ4v) is 5.17. The maximum atomic E-state index is 13.0. The number of hydrogen-bond donors (Lipinski definition) is 1. The van der Waals surface area contributed by atoms with E-state index in [4.69, 9.17) is 5.11 Å². The van der Waals surface area contributed by atoms with Gasteiger partial charge in [-0.1, -0.05) is 12.8 Å². The molecule has 1 aliphatic heterocycles. The van der Waals surface area contributed by atoms with Crippen molar-refractivity contribution in [1.29, 1.82) is 0 Å². The number of aliphatic hydroxyl groups is 1. The maximum Gasteiger partial charge on any atom is 0.246 e. The molecular formula is C14H25N3O3S. The SMILES string of the molecule is Cc1nn(CCO)c(C)c1S(=O)(=O)N1CCCCCC1C. The van der Waals surface area contributed by atoms with Crippen LogP contribution in [0.15, 0.2) is 4.90 Å². The molecule has 0 amide bonds. The Kier molecular flexibility index (Phi) is 5.06. The third-order valence-electron chi connectivity index (χ3n) is 4.19. The van der Waals surface area contributed by atoms with Crippen molar-refractivity contribution >= 4 is 10.0 Å². The van der Waals surface area contributed by atoms with E-state index >= 15 is 0 Å². The van der Waals surface area contributed by atoms with Crippen LogP contribution < -0.4 is 0 Å². The Morgan fingerprint density at radius 1 is 1.29 bits per heavy atom. The zero-order valence-corrected chi connectivity index (χ0v) is 13.9. The molecule has 0 bridgehead atoms. The highest BCUT2D eigenvalue weighted by Gasteiger charge is 2.34. The van der Waals surface area contributed by atoms with Gasteiger partial charge in [-0.3, -0.25) is 4.68 Å². The Morgan fingerprint density at radius 2 is 2.00 bits per heavy atom. The van der Waals surface area contributed by atoms with E-state index < -0.39 is 10.0 Å². The standard InChI is InChI=1S/C14H25N3O3S/c1-11-7-5-4-6-8-17(11)21(19,20)14-12(2)15-16(9-10-18)13(14)3/h11,18H,4-10H2,1-3H3. The van der Waals surface area contributed by atoms with Crippen molar-refractivity contribution in [2.24, 2.45) is 0 Å². The summed E-state index contributed by atoms with van der Waals surface area (Å²) in [4.78, 5) is 0.310. The van der Waals surface area contributed by atoms with Gasteiger partial charge in [-0.25, -0.2) is 8.42 Å². The lowest BCUT2D eigenvalue weighted by Gasteiger charge is -2.26. The molecule has 0 aromatic carbocycles. The van der Waals surface area contributed by atoms with Crippen molar-refractivity contribution in [2.75, 3.05) is 13.2 Å². The Balaban J connectivity index is 2.43. The van der Waals surface area contributed by atoms with Gasteiger partial charge in [0.25, 0.3) is 0 Å². The van der Waals surface area contributed by atoms with Crippen LogP contribution in [-0.2, 0) is 16.6 Å². The van der Waals surface area contributed by atoms with E-state index in [0.717, 1.165) is 25.7 Å². The van der Waals surface area contributed by atoms with Crippen LogP contribution in [0.3, 0.4) is 0 Å². The van der Waals surface area contributed by atoms with Gasteiger partial charge in [0.1, 0.15) is 4.90 Å². The van der Waals surface area contributed by atoms with Crippen LogP contribution in [0, 0.1) is 13.8 Å². The van der Waals surface area contributed by atoms with Crippen LogP contribution in [0.25, 0.3) is 0 Å². The number of rotatable bonds is 4. The molecule has 1 N–H and O–H groups in total. The molecule has 1 atom stereocenters. The molecule has 1 aromatic rings. The summed E-state index contributed by atoms with van der Waals surface area (Å²) in [6, 6.07) is 0.0255. The first kappa shape index (κ1) is 16.5. The zero-order valence-electron chi connectivity index (χ0n) is 13.0. The van der Waals surface area contributed by atoms with E-state index in [2.05, 4.69) is 5.10 Å². The minimum Gasteiger partial charge on any atom is -0.394 e. The second-order valence-corrected chi connectivity index (χ2v) is 7.59. The number of nitrogens with zero attached hydrogens (tertiary/aromatic N) is 3. The van der Waals surface area contributed by atoms with Gasteiger partial charge >= 0.3 is 0 Å². The minimum atomic E-state index is -3.53. The number of aryl methyl sites for hydroxylation is 1. The maximum absolute atomic E-state index is 13.0. The summed E-state index contributed by atoms with van der Waals surface area (Å²) in [7, 11) is -3.53. The number of aromatic nitrogens is 2. The minimum absolute atomic E-state index is 0.0255. The molecule has 1 saturated heterocycles. The first-order chi connectivity index (χ1) is 9.89. The molecule has 0 spiro atoms. The van der Waals surface area contributed by atoms with E-state index in [9.17, 15) is 8.42 Å². The quantitative estimate of drug-likeness (QED) is 0.912. The number of aliphatic hydroxyl groups excluding tert-OH is 1. The fourth-order valence-electron chi connectivity index (χ4n) is 3.09. The highest BCUT2D eigenvalue weighted by molar-refractivity contribution is 7.89. The predicted octanol–water partition coefficient (Wildman–Crippen LogP) is 1.45. The van der Waals surface area contributed by atoms with Crippen molar-refractivity contribution in [1.82, 2.24) is 14.1 Å². The summed E-state index contributed by atoms with van der Waals surface area (Å²) in [6.45, 7) is 6.29. The van der Waals surface area contributed by atoms with E-state index in [1.54, 1.807) is 22.8 Å². The van der Waals surface area contributed by atoms with Gasteiger partial charge < -0.3 is 5.11 Å². The summed E-state index contributed by atoms with van der Waals surface area (Å²) in [5, 5.41) is 13.3. The van der Waals surface area contributed by atoms with Crippen LogP contribution >= 0.6 is 0 Å².